The minimum absolute atomic E-state index is 0.708. The van der Waals surface area contributed by atoms with Crippen LogP contribution >= 0.6 is 0 Å². The van der Waals surface area contributed by atoms with Crippen LogP contribution in [0.4, 0.5) is 0 Å². The smallest absolute Gasteiger partial charge is 0.0132 e. The van der Waals surface area contributed by atoms with E-state index < -0.39 is 0 Å². The van der Waals surface area contributed by atoms with E-state index in [0.717, 1.165) is 11.8 Å². The Hall–Kier alpha value is -0.300. The minimum Gasteiger partial charge on any atom is -0.316 e. The fourth-order valence-corrected chi connectivity index (χ4v) is 1.90. The largest absolute Gasteiger partial charge is 0.316 e. The highest BCUT2D eigenvalue weighted by atomic mass is 14.9. The molecule has 0 aromatic heterocycles. The van der Waals surface area contributed by atoms with Crippen LogP contribution in [0.5, 0.6) is 0 Å². The van der Waals surface area contributed by atoms with Gasteiger partial charge in [0.1, 0.15) is 0 Å². The highest BCUT2D eigenvalue weighted by molar-refractivity contribution is 4.98. The van der Waals surface area contributed by atoms with Crippen molar-refractivity contribution in [3.63, 3.8) is 0 Å². The van der Waals surface area contributed by atoms with Crippen molar-refractivity contribution in [1.82, 2.24) is 5.32 Å². The molecule has 0 amide bonds. The molecule has 0 saturated heterocycles. The van der Waals surface area contributed by atoms with Gasteiger partial charge in [0.2, 0.25) is 0 Å². The number of nitrogens with one attached hydrogen (secondary N) is 1. The summed E-state index contributed by atoms with van der Waals surface area (Å²) in [6.07, 6.45) is 7.07. The number of hydrogen-bond donors (Lipinski definition) is 1. The van der Waals surface area contributed by atoms with Crippen molar-refractivity contribution in [3.05, 3.63) is 12.2 Å². The highest BCUT2D eigenvalue weighted by Gasteiger charge is 2.23. The predicted octanol–water partition coefficient (Wildman–Crippen LogP) is 2.20. The quantitative estimate of drug-likeness (QED) is 0.600. The van der Waals surface area contributed by atoms with Crippen LogP contribution in [0.25, 0.3) is 0 Å². The Bertz CT molecular complexity index is 138. The van der Waals surface area contributed by atoms with Crippen LogP contribution in [-0.4, -0.2) is 13.1 Å². The molecule has 1 aliphatic rings. The molecule has 0 saturated carbocycles. The van der Waals surface area contributed by atoms with Gasteiger partial charge >= 0.3 is 0 Å². The fraction of sp³-hybridized carbons (Fsp3) is 0.800. The first-order valence-electron chi connectivity index (χ1n) is 4.58. The molecule has 1 heteroatoms. The van der Waals surface area contributed by atoms with Crippen LogP contribution in [-0.2, 0) is 0 Å². The predicted molar refractivity (Wildman–Crippen MR) is 49.5 cm³/mol. The Balaban J connectivity index is 2.54. The second kappa shape index (κ2) is 3.91. The third-order valence-corrected chi connectivity index (χ3v) is 2.71. The maximum absolute atomic E-state index is 3.38. The second-order valence-corrected chi connectivity index (χ2v) is 3.75. The zero-order valence-electron chi connectivity index (χ0n) is 7.80. The second-order valence-electron chi connectivity index (χ2n) is 3.75. The first-order valence-corrected chi connectivity index (χ1v) is 4.58. The van der Waals surface area contributed by atoms with Gasteiger partial charge in [-0.15, -0.1) is 0 Å². The summed E-state index contributed by atoms with van der Waals surface area (Å²) in [5.41, 5.74) is 0. The fourth-order valence-electron chi connectivity index (χ4n) is 1.90. The molecule has 0 radical (unpaired) electrons. The van der Waals surface area contributed by atoms with Crippen molar-refractivity contribution in [2.45, 2.75) is 32.7 Å². The summed E-state index contributed by atoms with van der Waals surface area (Å²) in [7, 11) is 2.07. The SMILES string of the molecule is CNC1CC=CCC1C(C)C. The van der Waals surface area contributed by atoms with Crippen LogP contribution in [0, 0.1) is 11.8 Å². The first kappa shape index (κ1) is 8.79. The van der Waals surface area contributed by atoms with Crippen LogP contribution in [0.3, 0.4) is 0 Å². The Morgan fingerprint density at radius 3 is 2.36 bits per heavy atom. The van der Waals surface area contributed by atoms with Gasteiger partial charge in [0.25, 0.3) is 0 Å². The lowest BCUT2D eigenvalue weighted by Gasteiger charge is -2.31. The van der Waals surface area contributed by atoms with Crippen LogP contribution in [0.15, 0.2) is 12.2 Å². The number of allylic oxidation sites excluding steroid dienone is 1. The normalized spacial score (nSPS) is 31.3. The summed E-state index contributed by atoms with van der Waals surface area (Å²) in [5, 5.41) is 3.38. The highest BCUT2D eigenvalue weighted by Crippen LogP contribution is 2.25. The van der Waals surface area contributed by atoms with E-state index in [9.17, 15) is 0 Å². The Kier molecular flexibility index (Phi) is 3.13. The molecular formula is C10H19N. The average Bonchev–Trinajstić information content (AvgIpc) is 2.04. The lowest BCUT2D eigenvalue weighted by molar-refractivity contribution is 0.280. The Morgan fingerprint density at radius 2 is 1.91 bits per heavy atom. The van der Waals surface area contributed by atoms with Crippen LogP contribution in [0.1, 0.15) is 26.7 Å². The Morgan fingerprint density at radius 1 is 1.27 bits per heavy atom. The van der Waals surface area contributed by atoms with Crippen molar-refractivity contribution < 1.29 is 0 Å². The number of hydrogen-bond acceptors (Lipinski definition) is 1. The maximum Gasteiger partial charge on any atom is 0.0132 e. The molecule has 1 aliphatic carbocycles. The van der Waals surface area contributed by atoms with Crippen molar-refractivity contribution in [1.29, 1.82) is 0 Å². The molecule has 64 valence electrons. The summed E-state index contributed by atoms with van der Waals surface area (Å²) >= 11 is 0. The van der Waals surface area contributed by atoms with E-state index in [-0.39, 0.29) is 0 Å². The molecule has 2 unspecified atom stereocenters. The number of rotatable bonds is 2. The van der Waals surface area contributed by atoms with Crippen molar-refractivity contribution >= 4 is 0 Å². The topological polar surface area (TPSA) is 12.0 Å². The lowest BCUT2D eigenvalue weighted by Crippen LogP contribution is -2.37. The van der Waals surface area contributed by atoms with E-state index in [1.54, 1.807) is 0 Å². The molecule has 0 aromatic rings. The van der Waals surface area contributed by atoms with Gasteiger partial charge in [-0.25, -0.2) is 0 Å². The van der Waals surface area contributed by atoms with E-state index in [1.807, 2.05) is 0 Å². The van der Waals surface area contributed by atoms with Crippen molar-refractivity contribution in [3.8, 4) is 0 Å². The van der Waals surface area contributed by atoms with Gasteiger partial charge in [-0.2, -0.15) is 0 Å². The molecule has 1 rings (SSSR count). The van der Waals surface area contributed by atoms with E-state index in [0.29, 0.717) is 6.04 Å². The molecule has 11 heavy (non-hydrogen) atoms. The zero-order valence-corrected chi connectivity index (χ0v) is 7.80. The summed E-state index contributed by atoms with van der Waals surface area (Å²) in [6.45, 7) is 4.63. The molecule has 0 bridgehead atoms. The summed E-state index contributed by atoms with van der Waals surface area (Å²) in [4.78, 5) is 0. The molecule has 0 aliphatic heterocycles. The van der Waals surface area contributed by atoms with Gasteiger partial charge in [0.15, 0.2) is 0 Å². The van der Waals surface area contributed by atoms with Gasteiger partial charge < -0.3 is 5.32 Å². The van der Waals surface area contributed by atoms with Crippen molar-refractivity contribution in [2.75, 3.05) is 7.05 Å². The van der Waals surface area contributed by atoms with Crippen molar-refractivity contribution in [2.24, 2.45) is 11.8 Å². The summed E-state index contributed by atoms with van der Waals surface area (Å²) in [5.74, 6) is 1.64. The zero-order chi connectivity index (χ0) is 8.27. The van der Waals surface area contributed by atoms with Crippen LogP contribution in [0.2, 0.25) is 0 Å². The molecule has 1 N–H and O–H groups in total. The standard InChI is InChI=1S/C10H19N/c1-8(2)9-6-4-5-7-10(9)11-3/h4-5,8-11H,6-7H2,1-3H3. The average molecular weight is 153 g/mol. The third kappa shape index (κ3) is 2.06. The molecule has 0 aromatic carbocycles. The Labute approximate surface area is 69.9 Å². The van der Waals surface area contributed by atoms with Gasteiger partial charge in [-0.1, -0.05) is 26.0 Å². The van der Waals surface area contributed by atoms with Gasteiger partial charge in [0, 0.05) is 6.04 Å². The minimum atomic E-state index is 0.708. The molecule has 0 fully saturated rings. The van der Waals surface area contributed by atoms with Gasteiger partial charge in [0.05, 0.1) is 0 Å². The molecular weight excluding hydrogens is 134 g/mol. The van der Waals surface area contributed by atoms with E-state index in [1.165, 1.54) is 12.8 Å². The van der Waals surface area contributed by atoms with Gasteiger partial charge in [-0.3, -0.25) is 0 Å². The van der Waals surface area contributed by atoms with E-state index in [4.69, 9.17) is 0 Å². The summed E-state index contributed by atoms with van der Waals surface area (Å²) < 4.78 is 0. The first-order chi connectivity index (χ1) is 5.25. The third-order valence-electron chi connectivity index (χ3n) is 2.71. The molecule has 2 atom stereocenters. The maximum atomic E-state index is 3.38. The summed E-state index contributed by atoms with van der Waals surface area (Å²) in [6, 6.07) is 0.708. The molecule has 1 nitrogen and oxygen atoms in total. The molecule has 0 spiro atoms. The van der Waals surface area contributed by atoms with E-state index in [2.05, 4.69) is 38.4 Å². The van der Waals surface area contributed by atoms with E-state index >= 15 is 0 Å². The monoisotopic (exact) mass is 153 g/mol. The molecule has 0 heterocycles. The van der Waals surface area contributed by atoms with Gasteiger partial charge in [-0.05, 0) is 31.7 Å². The van der Waals surface area contributed by atoms with Crippen LogP contribution < -0.4 is 5.32 Å². The lowest BCUT2D eigenvalue weighted by atomic mass is 9.81.